The zero-order chi connectivity index (χ0) is 12.7. The third-order valence-electron chi connectivity index (χ3n) is 2.51. The van der Waals surface area contributed by atoms with Gasteiger partial charge in [0, 0.05) is 18.8 Å². The lowest BCUT2D eigenvalue weighted by Crippen LogP contribution is -2.29. The van der Waals surface area contributed by atoms with Gasteiger partial charge in [0.1, 0.15) is 5.84 Å². The molecule has 17 heavy (non-hydrogen) atoms. The number of benzene rings is 1. The first-order chi connectivity index (χ1) is 8.17. The molecule has 0 bridgehead atoms. The minimum Gasteiger partial charge on any atom is -0.361 e. The van der Waals surface area contributed by atoms with Crippen molar-refractivity contribution in [2.45, 2.75) is 20.8 Å². The van der Waals surface area contributed by atoms with Crippen molar-refractivity contribution in [2.75, 3.05) is 18.4 Å². The maximum absolute atomic E-state index is 5.20. The van der Waals surface area contributed by atoms with E-state index in [1.54, 1.807) is 0 Å². The number of para-hydroxylation sites is 1. The summed E-state index contributed by atoms with van der Waals surface area (Å²) in [6, 6.07) is 9.83. The van der Waals surface area contributed by atoms with Crippen molar-refractivity contribution in [3.63, 3.8) is 0 Å². The summed E-state index contributed by atoms with van der Waals surface area (Å²) in [7, 11) is 0. The number of thiocarbonyl (C=S) groups is 1. The van der Waals surface area contributed by atoms with Gasteiger partial charge in [-0.25, -0.2) is 4.99 Å². The van der Waals surface area contributed by atoms with Crippen molar-refractivity contribution in [1.82, 2.24) is 4.90 Å². The molecule has 4 heteroatoms. The monoisotopic (exact) mass is 249 g/mol. The Morgan fingerprint density at radius 2 is 1.82 bits per heavy atom. The Labute approximate surface area is 109 Å². The molecule has 0 fully saturated rings. The van der Waals surface area contributed by atoms with Crippen LogP contribution in [0.5, 0.6) is 0 Å². The van der Waals surface area contributed by atoms with Gasteiger partial charge >= 0.3 is 0 Å². The van der Waals surface area contributed by atoms with Crippen LogP contribution in [0.1, 0.15) is 20.8 Å². The minimum absolute atomic E-state index is 0.501. The molecular formula is C13H19N3S. The summed E-state index contributed by atoms with van der Waals surface area (Å²) in [6.45, 7) is 8.08. The topological polar surface area (TPSA) is 27.6 Å². The van der Waals surface area contributed by atoms with E-state index >= 15 is 0 Å². The maximum Gasteiger partial charge on any atom is 0.198 e. The second kappa shape index (κ2) is 7.01. The summed E-state index contributed by atoms with van der Waals surface area (Å²) in [5.41, 5.74) is 0.966. The van der Waals surface area contributed by atoms with Crippen LogP contribution in [0, 0.1) is 0 Å². The van der Waals surface area contributed by atoms with Crippen LogP contribution in [0.25, 0.3) is 0 Å². The number of amidine groups is 1. The predicted octanol–water partition coefficient (Wildman–Crippen LogP) is 3.14. The maximum atomic E-state index is 5.20. The molecule has 0 radical (unpaired) electrons. The van der Waals surface area contributed by atoms with Gasteiger partial charge in [0.05, 0.1) is 0 Å². The standard InChI is InChI=1S/C13H19N3S/c1-4-16(5-2)11(3)14-13(17)15-12-9-7-6-8-10-12/h6-10H,4-5H2,1-3H3,(H,15,17)/b14-11-. The molecular weight excluding hydrogens is 230 g/mol. The Morgan fingerprint density at radius 3 is 2.35 bits per heavy atom. The third-order valence-corrected chi connectivity index (χ3v) is 2.70. The Kier molecular flexibility index (Phi) is 5.63. The second-order valence-corrected chi connectivity index (χ2v) is 4.01. The highest BCUT2D eigenvalue weighted by molar-refractivity contribution is 7.80. The summed E-state index contributed by atoms with van der Waals surface area (Å²) >= 11 is 5.20. The SMILES string of the molecule is CCN(CC)/C(C)=N\C(=S)Nc1ccccc1. The van der Waals surface area contributed by atoms with E-state index in [2.05, 4.69) is 29.1 Å². The lowest BCUT2D eigenvalue weighted by Gasteiger charge is -2.20. The Bertz CT molecular complexity index is 383. The van der Waals surface area contributed by atoms with Gasteiger partial charge < -0.3 is 10.2 Å². The normalized spacial score (nSPS) is 11.1. The van der Waals surface area contributed by atoms with Crippen LogP contribution in [0.15, 0.2) is 35.3 Å². The number of aliphatic imine (C=N–C) groups is 1. The van der Waals surface area contributed by atoms with E-state index in [4.69, 9.17) is 12.2 Å². The number of nitrogens with one attached hydrogen (secondary N) is 1. The van der Waals surface area contributed by atoms with Gasteiger partial charge in [0.25, 0.3) is 0 Å². The zero-order valence-electron chi connectivity index (χ0n) is 10.6. The number of anilines is 1. The summed E-state index contributed by atoms with van der Waals surface area (Å²) in [4.78, 5) is 6.54. The van der Waals surface area contributed by atoms with E-state index in [0.717, 1.165) is 24.6 Å². The van der Waals surface area contributed by atoms with Crippen molar-refractivity contribution in [2.24, 2.45) is 4.99 Å². The van der Waals surface area contributed by atoms with E-state index in [-0.39, 0.29) is 0 Å². The van der Waals surface area contributed by atoms with Gasteiger partial charge in [0.2, 0.25) is 0 Å². The van der Waals surface area contributed by atoms with Crippen LogP contribution < -0.4 is 5.32 Å². The van der Waals surface area contributed by atoms with E-state index in [1.165, 1.54) is 0 Å². The molecule has 0 aliphatic heterocycles. The van der Waals surface area contributed by atoms with E-state index < -0.39 is 0 Å². The molecule has 0 saturated carbocycles. The van der Waals surface area contributed by atoms with Crippen LogP contribution in [-0.4, -0.2) is 28.9 Å². The first-order valence-corrected chi connectivity index (χ1v) is 6.24. The van der Waals surface area contributed by atoms with Crippen molar-refractivity contribution >= 4 is 28.9 Å². The molecule has 0 spiro atoms. The number of hydrogen-bond acceptors (Lipinski definition) is 1. The zero-order valence-corrected chi connectivity index (χ0v) is 11.4. The summed E-state index contributed by atoms with van der Waals surface area (Å²) in [5, 5.41) is 3.59. The predicted molar refractivity (Wildman–Crippen MR) is 78.7 cm³/mol. The smallest absolute Gasteiger partial charge is 0.198 e. The molecule has 0 aliphatic carbocycles. The molecule has 3 nitrogen and oxygen atoms in total. The molecule has 0 atom stereocenters. The van der Waals surface area contributed by atoms with Crippen LogP contribution >= 0.6 is 12.2 Å². The first-order valence-electron chi connectivity index (χ1n) is 5.83. The largest absolute Gasteiger partial charge is 0.361 e. The van der Waals surface area contributed by atoms with Crippen LogP contribution in [-0.2, 0) is 0 Å². The van der Waals surface area contributed by atoms with Crippen LogP contribution in [0.3, 0.4) is 0 Å². The fourth-order valence-corrected chi connectivity index (χ4v) is 1.82. The highest BCUT2D eigenvalue weighted by Gasteiger charge is 2.02. The first kappa shape index (κ1) is 13.6. The highest BCUT2D eigenvalue weighted by atomic mass is 32.1. The molecule has 0 heterocycles. The Balaban J connectivity index is 2.63. The molecule has 1 rings (SSSR count). The Hall–Kier alpha value is -1.42. The molecule has 0 amide bonds. The quantitative estimate of drug-likeness (QED) is 0.506. The van der Waals surface area contributed by atoms with Crippen molar-refractivity contribution in [3.05, 3.63) is 30.3 Å². The lowest BCUT2D eigenvalue weighted by molar-refractivity contribution is 0.463. The van der Waals surface area contributed by atoms with Gasteiger partial charge in [-0.2, -0.15) is 0 Å². The number of rotatable bonds is 3. The van der Waals surface area contributed by atoms with Gasteiger partial charge in [0.15, 0.2) is 5.11 Å². The molecule has 1 aromatic carbocycles. The van der Waals surface area contributed by atoms with E-state index in [1.807, 2.05) is 37.3 Å². The van der Waals surface area contributed by atoms with E-state index in [0.29, 0.717) is 5.11 Å². The van der Waals surface area contributed by atoms with Gasteiger partial charge in [-0.1, -0.05) is 18.2 Å². The number of hydrogen-bond donors (Lipinski definition) is 1. The third kappa shape index (κ3) is 4.53. The molecule has 1 aromatic rings. The van der Waals surface area contributed by atoms with Gasteiger partial charge in [-0.15, -0.1) is 0 Å². The van der Waals surface area contributed by atoms with Crippen molar-refractivity contribution in [1.29, 1.82) is 0 Å². The summed E-state index contributed by atoms with van der Waals surface area (Å²) in [5.74, 6) is 0.948. The molecule has 0 aliphatic rings. The minimum atomic E-state index is 0.501. The highest BCUT2D eigenvalue weighted by Crippen LogP contribution is 2.05. The van der Waals surface area contributed by atoms with Crippen LogP contribution in [0.4, 0.5) is 5.69 Å². The molecule has 0 unspecified atom stereocenters. The van der Waals surface area contributed by atoms with Crippen LogP contribution in [0.2, 0.25) is 0 Å². The van der Waals surface area contributed by atoms with Gasteiger partial charge in [-0.05, 0) is 45.1 Å². The van der Waals surface area contributed by atoms with E-state index in [9.17, 15) is 0 Å². The summed E-state index contributed by atoms with van der Waals surface area (Å²) < 4.78 is 0. The molecule has 1 N–H and O–H groups in total. The fourth-order valence-electron chi connectivity index (χ4n) is 1.57. The lowest BCUT2D eigenvalue weighted by atomic mass is 10.3. The molecule has 92 valence electrons. The van der Waals surface area contributed by atoms with Crippen molar-refractivity contribution < 1.29 is 0 Å². The van der Waals surface area contributed by atoms with Crippen molar-refractivity contribution in [3.8, 4) is 0 Å². The molecule has 0 saturated heterocycles. The van der Waals surface area contributed by atoms with Gasteiger partial charge in [-0.3, -0.25) is 0 Å². The fraction of sp³-hybridized carbons (Fsp3) is 0.385. The summed E-state index contributed by atoms with van der Waals surface area (Å²) in [6.07, 6.45) is 0. The molecule has 0 aromatic heterocycles. The Morgan fingerprint density at radius 1 is 1.24 bits per heavy atom. The number of nitrogens with zero attached hydrogens (tertiary/aromatic N) is 2. The average molecular weight is 249 g/mol. The average Bonchev–Trinajstić information content (AvgIpc) is 2.31. The second-order valence-electron chi connectivity index (χ2n) is 3.63.